The zero-order valence-corrected chi connectivity index (χ0v) is 10.2. The zero-order chi connectivity index (χ0) is 14.5. The molecule has 2 rings (SSSR count). The maximum atomic E-state index is 13.4. The van der Waals surface area contributed by atoms with Gasteiger partial charge in [0.2, 0.25) is 11.7 Å². The van der Waals surface area contributed by atoms with E-state index >= 15 is 0 Å². The van der Waals surface area contributed by atoms with Gasteiger partial charge in [-0.2, -0.15) is 4.39 Å². The highest BCUT2D eigenvalue weighted by Gasteiger charge is 2.14. The average Bonchev–Trinajstić information content (AvgIpc) is 2.39. The van der Waals surface area contributed by atoms with E-state index in [1.807, 2.05) is 0 Å². The van der Waals surface area contributed by atoms with Crippen LogP contribution in [0.5, 0.6) is 0 Å². The second-order valence-corrected chi connectivity index (χ2v) is 3.97. The molecule has 0 aliphatic heterocycles. The van der Waals surface area contributed by atoms with Crippen LogP contribution in [-0.4, -0.2) is 15.8 Å². The number of rotatable bonds is 4. The van der Waals surface area contributed by atoms with Crippen LogP contribution in [0.1, 0.15) is 5.69 Å². The van der Waals surface area contributed by atoms with Crippen LogP contribution in [0.25, 0.3) is 0 Å². The number of carbonyl (C=O) groups excluding carboxylic acids is 1. The molecule has 1 amide bonds. The number of amides is 1. The highest BCUT2D eigenvalue weighted by molar-refractivity contribution is 5.92. The lowest BCUT2D eigenvalue weighted by Crippen LogP contribution is -2.15. The second-order valence-electron chi connectivity index (χ2n) is 3.97. The highest BCUT2D eigenvalue weighted by Crippen LogP contribution is 2.20. The van der Waals surface area contributed by atoms with Crippen LogP contribution in [0.2, 0.25) is 0 Å². The maximum Gasteiger partial charge on any atom is 0.304 e. The first-order valence-corrected chi connectivity index (χ1v) is 5.70. The fourth-order valence-electron chi connectivity index (χ4n) is 1.61. The van der Waals surface area contributed by atoms with Gasteiger partial charge in [0.1, 0.15) is 0 Å². The smallest absolute Gasteiger partial charge is 0.304 e. The normalized spacial score (nSPS) is 10.1. The van der Waals surface area contributed by atoms with Crippen LogP contribution in [0.4, 0.5) is 15.8 Å². The summed E-state index contributed by atoms with van der Waals surface area (Å²) in [6.07, 6.45) is 1.60. The Hall–Kier alpha value is -2.83. The van der Waals surface area contributed by atoms with Crippen molar-refractivity contribution in [1.82, 2.24) is 4.98 Å². The Kier molecular flexibility index (Phi) is 3.99. The van der Waals surface area contributed by atoms with E-state index in [1.54, 1.807) is 24.4 Å². The Bertz CT molecular complexity index is 647. The van der Waals surface area contributed by atoms with Crippen molar-refractivity contribution < 1.29 is 14.1 Å². The van der Waals surface area contributed by atoms with E-state index in [1.165, 1.54) is 6.07 Å². The number of nitrogens with zero attached hydrogens (tertiary/aromatic N) is 2. The van der Waals surface area contributed by atoms with Crippen molar-refractivity contribution in [3.05, 3.63) is 64.2 Å². The fourth-order valence-corrected chi connectivity index (χ4v) is 1.61. The van der Waals surface area contributed by atoms with Gasteiger partial charge in [0.25, 0.3) is 0 Å². The molecule has 2 aromatic rings. The molecule has 102 valence electrons. The lowest BCUT2D eigenvalue weighted by Gasteiger charge is -2.05. The molecule has 7 heteroatoms. The molecule has 0 unspecified atom stereocenters. The van der Waals surface area contributed by atoms with E-state index in [0.29, 0.717) is 5.69 Å². The monoisotopic (exact) mass is 275 g/mol. The summed E-state index contributed by atoms with van der Waals surface area (Å²) >= 11 is 0. The van der Waals surface area contributed by atoms with Gasteiger partial charge in [-0.15, -0.1) is 0 Å². The van der Waals surface area contributed by atoms with Crippen LogP contribution < -0.4 is 5.32 Å². The molecule has 1 heterocycles. The Balaban J connectivity index is 2.05. The molecule has 0 radical (unpaired) electrons. The topological polar surface area (TPSA) is 85.1 Å². The summed E-state index contributed by atoms with van der Waals surface area (Å²) < 4.78 is 13.4. The summed E-state index contributed by atoms with van der Waals surface area (Å²) in [5, 5.41) is 12.9. The molecule has 1 aromatic carbocycles. The Morgan fingerprint density at radius 2 is 2.15 bits per heavy atom. The van der Waals surface area contributed by atoms with E-state index in [2.05, 4.69) is 10.3 Å². The average molecular weight is 275 g/mol. The number of nitro benzene ring substituents is 1. The molecule has 1 N–H and O–H groups in total. The van der Waals surface area contributed by atoms with Gasteiger partial charge in [-0.05, 0) is 18.2 Å². The summed E-state index contributed by atoms with van der Waals surface area (Å²) in [7, 11) is 0. The van der Waals surface area contributed by atoms with Crippen LogP contribution in [0.3, 0.4) is 0 Å². The van der Waals surface area contributed by atoms with Crippen molar-refractivity contribution in [2.45, 2.75) is 6.42 Å². The molecular weight excluding hydrogens is 265 g/mol. The van der Waals surface area contributed by atoms with Crippen molar-refractivity contribution in [1.29, 1.82) is 0 Å². The molecule has 0 fully saturated rings. The number of aromatic nitrogens is 1. The third-order valence-electron chi connectivity index (χ3n) is 2.50. The molecule has 0 saturated carbocycles. The number of pyridine rings is 1. The number of nitro groups is 1. The molecule has 6 nitrogen and oxygen atoms in total. The molecule has 0 spiro atoms. The number of halogens is 1. The standard InChI is InChI=1S/C13H10FN3O3/c14-11-7-10(4-5-12(11)17(19)20)16-13(18)8-9-3-1-2-6-15-9/h1-7H,8H2,(H,16,18). The molecule has 0 saturated heterocycles. The number of nitrogens with one attached hydrogen (secondary N) is 1. The number of hydrogen-bond donors (Lipinski definition) is 1. The predicted molar refractivity (Wildman–Crippen MR) is 69.6 cm³/mol. The van der Waals surface area contributed by atoms with Crippen molar-refractivity contribution in [2.75, 3.05) is 5.32 Å². The zero-order valence-electron chi connectivity index (χ0n) is 10.2. The summed E-state index contributed by atoms with van der Waals surface area (Å²) in [6.45, 7) is 0. The van der Waals surface area contributed by atoms with Crippen molar-refractivity contribution >= 4 is 17.3 Å². The minimum Gasteiger partial charge on any atom is -0.326 e. The quantitative estimate of drug-likeness (QED) is 0.685. The Labute approximate surface area is 113 Å². The first kappa shape index (κ1) is 13.6. The number of carbonyl (C=O) groups is 1. The van der Waals surface area contributed by atoms with Gasteiger partial charge in [-0.25, -0.2) is 0 Å². The van der Waals surface area contributed by atoms with E-state index in [0.717, 1.165) is 12.1 Å². The summed E-state index contributed by atoms with van der Waals surface area (Å²) in [6, 6.07) is 8.36. The van der Waals surface area contributed by atoms with Gasteiger partial charge >= 0.3 is 5.69 Å². The Morgan fingerprint density at radius 1 is 1.35 bits per heavy atom. The minimum atomic E-state index is -0.995. The van der Waals surface area contributed by atoms with E-state index in [9.17, 15) is 19.3 Å². The fraction of sp³-hybridized carbons (Fsp3) is 0.0769. The van der Waals surface area contributed by atoms with Gasteiger partial charge in [0.05, 0.1) is 11.3 Å². The van der Waals surface area contributed by atoms with Gasteiger partial charge in [-0.1, -0.05) is 6.07 Å². The van der Waals surface area contributed by atoms with Crippen molar-refractivity contribution in [2.24, 2.45) is 0 Å². The van der Waals surface area contributed by atoms with E-state index in [4.69, 9.17) is 0 Å². The third-order valence-corrected chi connectivity index (χ3v) is 2.50. The maximum absolute atomic E-state index is 13.4. The van der Waals surface area contributed by atoms with E-state index < -0.39 is 16.4 Å². The van der Waals surface area contributed by atoms with Crippen LogP contribution in [0.15, 0.2) is 42.6 Å². The van der Waals surface area contributed by atoms with Crippen LogP contribution in [0, 0.1) is 15.9 Å². The van der Waals surface area contributed by atoms with Crippen molar-refractivity contribution in [3.8, 4) is 0 Å². The summed E-state index contributed by atoms with van der Waals surface area (Å²) in [4.78, 5) is 25.3. The molecule has 0 bridgehead atoms. The molecular formula is C13H10FN3O3. The molecule has 20 heavy (non-hydrogen) atoms. The molecule has 0 atom stereocenters. The van der Waals surface area contributed by atoms with Gasteiger partial charge in [0.15, 0.2) is 0 Å². The van der Waals surface area contributed by atoms with Gasteiger partial charge in [0, 0.05) is 29.7 Å². The van der Waals surface area contributed by atoms with Crippen molar-refractivity contribution in [3.63, 3.8) is 0 Å². The summed E-state index contributed by atoms with van der Waals surface area (Å²) in [5.74, 6) is -1.37. The van der Waals surface area contributed by atoms with E-state index in [-0.39, 0.29) is 18.0 Å². The molecule has 1 aromatic heterocycles. The number of benzene rings is 1. The minimum absolute atomic E-state index is 0.0411. The number of anilines is 1. The van der Waals surface area contributed by atoms with Crippen LogP contribution >= 0.6 is 0 Å². The van der Waals surface area contributed by atoms with Gasteiger partial charge in [-0.3, -0.25) is 19.9 Å². The molecule has 0 aliphatic carbocycles. The largest absolute Gasteiger partial charge is 0.326 e. The first-order chi connectivity index (χ1) is 9.56. The second kappa shape index (κ2) is 5.87. The molecule has 0 aliphatic rings. The Morgan fingerprint density at radius 3 is 2.75 bits per heavy atom. The number of hydrogen-bond acceptors (Lipinski definition) is 4. The SMILES string of the molecule is O=C(Cc1ccccn1)Nc1ccc([N+](=O)[O-])c(F)c1. The van der Waals surface area contributed by atoms with Crippen LogP contribution in [-0.2, 0) is 11.2 Å². The predicted octanol–water partition coefficient (Wildman–Crippen LogP) is 2.31. The lowest BCUT2D eigenvalue weighted by atomic mass is 10.2. The highest BCUT2D eigenvalue weighted by atomic mass is 19.1. The third kappa shape index (κ3) is 3.35. The summed E-state index contributed by atoms with van der Waals surface area (Å²) in [5.41, 5.74) is 0.106. The first-order valence-electron chi connectivity index (χ1n) is 5.70. The lowest BCUT2D eigenvalue weighted by molar-refractivity contribution is -0.387. The van der Waals surface area contributed by atoms with Gasteiger partial charge < -0.3 is 5.32 Å².